The highest BCUT2D eigenvalue weighted by Crippen LogP contribution is 2.36. The highest BCUT2D eigenvalue weighted by atomic mass is 127. The van der Waals surface area contributed by atoms with Gasteiger partial charge in [0.25, 0.3) is 0 Å². The number of ether oxygens (including phenoxy) is 1. The largest absolute Gasteiger partial charge is 0.488 e. The maximum Gasteiger partial charge on any atom is 0.133 e. The maximum absolute atomic E-state index is 6.07. The molecule has 0 amide bonds. The van der Waals surface area contributed by atoms with Crippen LogP contribution in [0.1, 0.15) is 22.1 Å². The summed E-state index contributed by atoms with van der Waals surface area (Å²) in [5.74, 6) is 0.836. The molecular weight excluding hydrogens is 526 g/mol. The molecule has 0 bridgehead atoms. The Hall–Kier alpha value is -1.41. The van der Waals surface area contributed by atoms with Crippen LogP contribution in [0.5, 0.6) is 5.75 Å². The zero-order valence-electron chi connectivity index (χ0n) is 14.5. The van der Waals surface area contributed by atoms with Crippen LogP contribution in [0.2, 0.25) is 10.0 Å². The Morgan fingerprint density at radius 2 is 1.82 bits per heavy atom. The van der Waals surface area contributed by atoms with E-state index in [1.54, 1.807) is 17.8 Å². The second kappa shape index (κ2) is 8.95. The number of hydrogen-bond donors (Lipinski definition) is 1. The van der Waals surface area contributed by atoms with Crippen molar-refractivity contribution in [1.29, 1.82) is 0 Å². The minimum Gasteiger partial charge on any atom is -0.488 e. The molecule has 142 valence electrons. The third-order valence-corrected chi connectivity index (χ3v) is 6.92. The van der Waals surface area contributed by atoms with Crippen LogP contribution < -0.4 is 10.2 Å². The lowest BCUT2D eigenvalue weighted by Gasteiger charge is -2.13. The summed E-state index contributed by atoms with van der Waals surface area (Å²) in [6.45, 7) is 0.434. The van der Waals surface area contributed by atoms with Gasteiger partial charge in [-0.3, -0.25) is 5.43 Å². The molecule has 1 aliphatic rings. The topological polar surface area (TPSA) is 33.6 Å². The molecule has 1 heterocycles. The van der Waals surface area contributed by atoms with Gasteiger partial charge in [-0.25, -0.2) is 0 Å². The highest BCUT2D eigenvalue weighted by molar-refractivity contribution is 14.1. The van der Waals surface area contributed by atoms with Gasteiger partial charge in [0, 0.05) is 5.56 Å². The summed E-state index contributed by atoms with van der Waals surface area (Å²) in [6, 6.07) is 21.9. The van der Waals surface area contributed by atoms with Crippen LogP contribution in [0.15, 0.2) is 71.8 Å². The number of benzene rings is 3. The number of thioether (sulfide) groups is 1. The predicted molar refractivity (Wildman–Crippen MR) is 126 cm³/mol. The summed E-state index contributed by atoms with van der Waals surface area (Å²) in [5, 5.41) is 6.65. The fourth-order valence-corrected chi connectivity index (χ4v) is 4.73. The SMILES string of the molecule is Clc1ccc(COc2ccc([C@H]3NN=C(c4ccccc4)S3)cc2I)cc1Cl. The minimum absolute atomic E-state index is 0.0906. The molecule has 1 atom stereocenters. The molecule has 0 radical (unpaired) electrons. The monoisotopic (exact) mass is 540 g/mol. The number of nitrogens with zero attached hydrogens (tertiary/aromatic N) is 1. The van der Waals surface area contributed by atoms with E-state index in [2.05, 4.69) is 57.4 Å². The number of hydrogen-bond acceptors (Lipinski definition) is 4. The van der Waals surface area contributed by atoms with E-state index in [9.17, 15) is 0 Å². The molecule has 1 N–H and O–H groups in total. The van der Waals surface area contributed by atoms with E-state index in [1.807, 2.05) is 36.4 Å². The standard InChI is InChI=1S/C21H15Cl2IN2OS/c22-16-8-6-13(10-17(16)23)12-27-19-9-7-15(11-18(19)24)21-26-25-20(28-21)14-4-2-1-3-5-14/h1-11,21,26H,12H2/t21-/m0/s1. The van der Waals surface area contributed by atoms with Crippen molar-refractivity contribution in [2.75, 3.05) is 0 Å². The molecule has 0 unspecified atom stereocenters. The summed E-state index contributed by atoms with van der Waals surface area (Å²) in [4.78, 5) is 0. The molecule has 0 aromatic heterocycles. The molecule has 0 saturated heterocycles. The smallest absolute Gasteiger partial charge is 0.133 e. The lowest BCUT2D eigenvalue weighted by molar-refractivity contribution is 0.304. The first-order chi connectivity index (χ1) is 13.6. The first-order valence-electron chi connectivity index (χ1n) is 8.51. The van der Waals surface area contributed by atoms with Crippen molar-refractivity contribution >= 4 is 62.6 Å². The van der Waals surface area contributed by atoms with Crippen molar-refractivity contribution in [3.8, 4) is 5.75 Å². The molecule has 3 nitrogen and oxygen atoms in total. The fraction of sp³-hybridized carbons (Fsp3) is 0.0952. The van der Waals surface area contributed by atoms with Gasteiger partial charge in [-0.1, -0.05) is 77.4 Å². The number of halogens is 3. The van der Waals surface area contributed by atoms with Gasteiger partial charge in [-0.05, 0) is 58.0 Å². The van der Waals surface area contributed by atoms with E-state index in [0.29, 0.717) is 16.7 Å². The van der Waals surface area contributed by atoms with Crippen LogP contribution in [-0.4, -0.2) is 5.04 Å². The first kappa shape index (κ1) is 19.9. The van der Waals surface area contributed by atoms with E-state index in [1.165, 1.54) is 0 Å². The molecule has 3 aromatic carbocycles. The van der Waals surface area contributed by atoms with Crippen LogP contribution in [0.3, 0.4) is 0 Å². The molecule has 0 aliphatic carbocycles. The van der Waals surface area contributed by atoms with Crippen LogP contribution in [0.25, 0.3) is 0 Å². The molecule has 0 spiro atoms. The summed E-state index contributed by atoms with van der Waals surface area (Å²) < 4.78 is 7.01. The van der Waals surface area contributed by atoms with Gasteiger partial charge in [0.15, 0.2) is 0 Å². The molecular formula is C21H15Cl2IN2OS. The van der Waals surface area contributed by atoms with Crippen molar-refractivity contribution in [3.63, 3.8) is 0 Å². The Balaban J connectivity index is 1.41. The van der Waals surface area contributed by atoms with Gasteiger partial charge in [0.05, 0.1) is 13.6 Å². The molecule has 7 heteroatoms. The van der Waals surface area contributed by atoms with Crippen LogP contribution in [0.4, 0.5) is 0 Å². The summed E-state index contributed by atoms with van der Waals surface area (Å²) in [6.07, 6.45) is 0. The van der Waals surface area contributed by atoms with E-state index in [-0.39, 0.29) is 5.37 Å². The van der Waals surface area contributed by atoms with E-state index >= 15 is 0 Å². The van der Waals surface area contributed by atoms with Crippen LogP contribution in [0, 0.1) is 3.57 Å². The predicted octanol–water partition coefficient (Wildman–Crippen LogP) is 6.87. The number of nitrogens with one attached hydrogen (secondary N) is 1. The Morgan fingerprint density at radius 3 is 2.57 bits per heavy atom. The summed E-state index contributed by atoms with van der Waals surface area (Å²) >= 11 is 16.0. The molecule has 1 aliphatic heterocycles. The van der Waals surface area contributed by atoms with Crippen molar-refractivity contribution in [1.82, 2.24) is 5.43 Å². The van der Waals surface area contributed by atoms with Gasteiger partial charge >= 0.3 is 0 Å². The summed E-state index contributed by atoms with van der Waals surface area (Å²) in [5.41, 5.74) is 6.47. The molecule has 0 fully saturated rings. The third kappa shape index (κ3) is 4.59. The second-order valence-electron chi connectivity index (χ2n) is 6.14. The first-order valence-corrected chi connectivity index (χ1v) is 11.2. The van der Waals surface area contributed by atoms with E-state index in [0.717, 1.165) is 31.1 Å². The van der Waals surface area contributed by atoms with Gasteiger partial charge in [0.1, 0.15) is 22.8 Å². The van der Waals surface area contributed by atoms with Gasteiger partial charge < -0.3 is 4.74 Å². The van der Waals surface area contributed by atoms with E-state index in [4.69, 9.17) is 27.9 Å². The lowest BCUT2D eigenvalue weighted by Crippen LogP contribution is -2.07. The normalized spacial score (nSPS) is 15.8. The Kier molecular flexibility index (Phi) is 6.35. The Morgan fingerprint density at radius 1 is 1.00 bits per heavy atom. The Bertz CT molecular complexity index is 1030. The number of hydrazone groups is 1. The second-order valence-corrected chi connectivity index (χ2v) is 9.21. The lowest BCUT2D eigenvalue weighted by atomic mass is 10.2. The minimum atomic E-state index is 0.0906. The third-order valence-electron chi connectivity index (χ3n) is 4.17. The maximum atomic E-state index is 6.07. The van der Waals surface area contributed by atoms with Gasteiger partial charge in [0.2, 0.25) is 0 Å². The quantitative estimate of drug-likeness (QED) is 0.358. The van der Waals surface area contributed by atoms with Crippen LogP contribution >= 0.6 is 57.6 Å². The zero-order chi connectivity index (χ0) is 19.5. The highest BCUT2D eigenvalue weighted by Gasteiger charge is 2.22. The van der Waals surface area contributed by atoms with E-state index < -0.39 is 0 Å². The van der Waals surface area contributed by atoms with Crippen molar-refractivity contribution in [3.05, 3.63) is 97.0 Å². The number of rotatable bonds is 5. The van der Waals surface area contributed by atoms with Gasteiger partial charge in [-0.2, -0.15) is 5.10 Å². The molecule has 28 heavy (non-hydrogen) atoms. The average molecular weight is 541 g/mol. The summed E-state index contributed by atoms with van der Waals surface area (Å²) in [7, 11) is 0. The fourth-order valence-electron chi connectivity index (χ4n) is 2.73. The Labute approximate surface area is 191 Å². The zero-order valence-corrected chi connectivity index (χ0v) is 19.0. The van der Waals surface area contributed by atoms with Crippen LogP contribution in [-0.2, 0) is 6.61 Å². The molecule has 0 saturated carbocycles. The molecule has 4 rings (SSSR count). The van der Waals surface area contributed by atoms with Crippen molar-refractivity contribution in [2.45, 2.75) is 12.0 Å². The average Bonchev–Trinajstić information content (AvgIpc) is 3.20. The van der Waals surface area contributed by atoms with Crippen molar-refractivity contribution < 1.29 is 4.74 Å². The van der Waals surface area contributed by atoms with Crippen molar-refractivity contribution in [2.24, 2.45) is 5.10 Å². The van der Waals surface area contributed by atoms with Gasteiger partial charge in [-0.15, -0.1) is 0 Å². The molecule has 3 aromatic rings.